The molecule has 0 N–H and O–H groups in total. The Bertz CT molecular complexity index is 1130. The van der Waals surface area contributed by atoms with E-state index in [4.69, 9.17) is 9.72 Å². The van der Waals surface area contributed by atoms with Crippen LogP contribution in [0, 0.1) is 13.8 Å². The first-order valence-electron chi connectivity index (χ1n) is 10.1. The van der Waals surface area contributed by atoms with Gasteiger partial charge in [-0.05, 0) is 55.7 Å². The molecule has 3 nitrogen and oxygen atoms in total. The second-order valence-corrected chi connectivity index (χ2v) is 7.33. The predicted octanol–water partition coefficient (Wildman–Crippen LogP) is 6.29. The number of benzene rings is 3. The summed E-state index contributed by atoms with van der Waals surface area (Å²) in [6.45, 7) is 5.74. The van der Waals surface area contributed by atoms with E-state index >= 15 is 0 Å². The van der Waals surface area contributed by atoms with Crippen LogP contribution in [0.25, 0.3) is 23.2 Å². The number of imidazole rings is 1. The zero-order valence-electron chi connectivity index (χ0n) is 17.0. The van der Waals surface area contributed by atoms with Crippen LogP contribution >= 0.6 is 0 Å². The minimum Gasteiger partial charge on any atom is -0.493 e. The van der Waals surface area contributed by atoms with E-state index in [0.29, 0.717) is 6.61 Å². The van der Waals surface area contributed by atoms with Crippen molar-refractivity contribution in [2.75, 3.05) is 6.61 Å². The molecule has 0 saturated heterocycles. The van der Waals surface area contributed by atoms with Gasteiger partial charge in [-0.2, -0.15) is 0 Å². The summed E-state index contributed by atoms with van der Waals surface area (Å²) in [6, 6.07) is 24.9. The quantitative estimate of drug-likeness (QED) is 0.351. The summed E-state index contributed by atoms with van der Waals surface area (Å²) in [5, 5.41) is 0. The fourth-order valence-corrected chi connectivity index (χ4v) is 3.56. The van der Waals surface area contributed by atoms with Gasteiger partial charge in [0.05, 0.1) is 17.6 Å². The zero-order valence-corrected chi connectivity index (χ0v) is 17.0. The lowest BCUT2D eigenvalue weighted by atomic mass is 10.1. The van der Waals surface area contributed by atoms with Gasteiger partial charge in [0.25, 0.3) is 0 Å². The van der Waals surface area contributed by atoms with E-state index in [-0.39, 0.29) is 0 Å². The molecular formula is C26H26N2O. The molecule has 0 aliphatic rings. The summed E-state index contributed by atoms with van der Waals surface area (Å²) in [4.78, 5) is 4.82. The first-order chi connectivity index (χ1) is 14.2. The molecule has 1 aromatic heterocycles. The van der Waals surface area contributed by atoms with Crippen LogP contribution in [0.3, 0.4) is 0 Å². The topological polar surface area (TPSA) is 27.1 Å². The Morgan fingerprint density at radius 2 is 1.69 bits per heavy atom. The van der Waals surface area contributed by atoms with Crippen molar-refractivity contribution >= 4 is 23.2 Å². The SMILES string of the molecule is Cc1ccc(OCCCn2c(/C=C/c3ccccc3)nc3ccccc32)c(C)c1. The van der Waals surface area contributed by atoms with E-state index in [1.807, 2.05) is 24.3 Å². The van der Waals surface area contributed by atoms with Crippen LogP contribution < -0.4 is 4.74 Å². The molecule has 4 rings (SSSR count). The molecule has 0 radical (unpaired) electrons. The minimum atomic E-state index is 0.679. The molecule has 0 aliphatic heterocycles. The van der Waals surface area contributed by atoms with E-state index in [1.165, 1.54) is 16.7 Å². The van der Waals surface area contributed by atoms with Gasteiger partial charge in [0.2, 0.25) is 0 Å². The molecule has 0 atom stereocenters. The third-order valence-corrected chi connectivity index (χ3v) is 5.02. The second-order valence-electron chi connectivity index (χ2n) is 7.33. The number of fused-ring (bicyclic) bond motifs is 1. The number of nitrogens with zero attached hydrogens (tertiary/aromatic N) is 2. The summed E-state index contributed by atoms with van der Waals surface area (Å²) < 4.78 is 8.30. The molecule has 1 heterocycles. The van der Waals surface area contributed by atoms with Gasteiger partial charge in [0, 0.05) is 6.54 Å². The molecule has 0 fully saturated rings. The smallest absolute Gasteiger partial charge is 0.133 e. The second kappa shape index (κ2) is 8.78. The fraction of sp³-hybridized carbons (Fsp3) is 0.192. The van der Waals surface area contributed by atoms with Crippen molar-refractivity contribution in [1.82, 2.24) is 9.55 Å². The Hall–Kier alpha value is -3.33. The number of rotatable bonds is 7. The summed E-state index contributed by atoms with van der Waals surface area (Å²) in [5.74, 6) is 1.94. The maximum Gasteiger partial charge on any atom is 0.133 e. The number of hydrogen-bond acceptors (Lipinski definition) is 2. The summed E-state index contributed by atoms with van der Waals surface area (Å²) >= 11 is 0. The lowest BCUT2D eigenvalue weighted by Gasteiger charge is -2.11. The fourth-order valence-electron chi connectivity index (χ4n) is 3.56. The standard InChI is InChI=1S/C26H26N2O/c1-20-13-15-25(21(2)19-20)29-18-8-17-28-24-12-7-6-11-23(24)27-26(28)16-14-22-9-4-3-5-10-22/h3-7,9-16,19H,8,17-18H2,1-2H3/b16-14+. The van der Waals surface area contributed by atoms with E-state index < -0.39 is 0 Å². The summed E-state index contributed by atoms with van der Waals surface area (Å²) in [7, 11) is 0. The van der Waals surface area contributed by atoms with E-state index in [9.17, 15) is 0 Å². The van der Waals surface area contributed by atoms with Crippen molar-refractivity contribution in [3.8, 4) is 5.75 Å². The van der Waals surface area contributed by atoms with Crippen molar-refractivity contribution in [1.29, 1.82) is 0 Å². The van der Waals surface area contributed by atoms with Crippen molar-refractivity contribution in [3.05, 3.63) is 95.3 Å². The predicted molar refractivity (Wildman–Crippen MR) is 121 cm³/mol. The first kappa shape index (κ1) is 19.0. The molecule has 29 heavy (non-hydrogen) atoms. The molecule has 3 aromatic carbocycles. The molecule has 0 aliphatic carbocycles. The van der Waals surface area contributed by atoms with E-state index in [0.717, 1.165) is 35.6 Å². The molecule has 0 saturated carbocycles. The molecule has 146 valence electrons. The van der Waals surface area contributed by atoms with Crippen LogP contribution in [0.1, 0.15) is 28.9 Å². The molecule has 0 spiro atoms. The van der Waals surface area contributed by atoms with Crippen molar-refractivity contribution in [3.63, 3.8) is 0 Å². The van der Waals surface area contributed by atoms with Gasteiger partial charge < -0.3 is 9.30 Å². The molecule has 4 aromatic rings. The van der Waals surface area contributed by atoms with Gasteiger partial charge in [-0.1, -0.05) is 66.2 Å². The number of aromatic nitrogens is 2. The third kappa shape index (κ3) is 4.57. The number of hydrogen-bond donors (Lipinski definition) is 0. The van der Waals surface area contributed by atoms with Crippen LogP contribution in [0.15, 0.2) is 72.8 Å². The van der Waals surface area contributed by atoms with Gasteiger partial charge in [-0.3, -0.25) is 0 Å². The minimum absolute atomic E-state index is 0.679. The van der Waals surface area contributed by atoms with Gasteiger partial charge in [0.1, 0.15) is 11.6 Å². The van der Waals surface area contributed by atoms with Crippen LogP contribution in [-0.4, -0.2) is 16.2 Å². The molecule has 0 amide bonds. The van der Waals surface area contributed by atoms with E-state index in [1.54, 1.807) is 0 Å². The van der Waals surface area contributed by atoms with Crippen molar-refractivity contribution in [2.24, 2.45) is 0 Å². The zero-order chi connectivity index (χ0) is 20.1. The monoisotopic (exact) mass is 382 g/mol. The van der Waals surface area contributed by atoms with Crippen LogP contribution in [-0.2, 0) is 6.54 Å². The highest BCUT2D eigenvalue weighted by molar-refractivity contribution is 5.79. The lowest BCUT2D eigenvalue weighted by molar-refractivity contribution is 0.300. The average molecular weight is 383 g/mol. The Labute approximate surface area is 172 Å². The molecule has 0 bridgehead atoms. The van der Waals surface area contributed by atoms with Crippen molar-refractivity contribution < 1.29 is 4.74 Å². The highest BCUT2D eigenvalue weighted by atomic mass is 16.5. The Kier molecular flexibility index (Phi) is 5.76. The number of ether oxygens (including phenoxy) is 1. The van der Waals surface area contributed by atoms with Gasteiger partial charge in [-0.25, -0.2) is 4.98 Å². The van der Waals surface area contributed by atoms with Crippen molar-refractivity contribution in [2.45, 2.75) is 26.8 Å². The maximum absolute atomic E-state index is 6.02. The Morgan fingerprint density at radius 1 is 0.897 bits per heavy atom. The van der Waals surface area contributed by atoms with Crippen LogP contribution in [0.2, 0.25) is 0 Å². The first-order valence-corrected chi connectivity index (χ1v) is 10.1. The third-order valence-electron chi connectivity index (χ3n) is 5.02. The molecular weight excluding hydrogens is 356 g/mol. The van der Waals surface area contributed by atoms with Crippen LogP contribution in [0.4, 0.5) is 0 Å². The average Bonchev–Trinajstić information content (AvgIpc) is 3.09. The van der Waals surface area contributed by atoms with Gasteiger partial charge >= 0.3 is 0 Å². The Morgan fingerprint density at radius 3 is 2.52 bits per heavy atom. The number of para-hydroxylation sites is 2. The van der Waals surface area contributed by atoms with E-state index in [2.05, 4.69) is 79.1 Å². The lowest BCUT2D eigenvalue weighted by Crippen LogP contribution is -2.06. The van der Waals surface area contributed by atoms with Crippen LogP contribution in [0.5, 0.6) is 5.75 Å². The van der Waals surface area contributed by atoms with Gasteiger partial charge in [0.15, 0.2) is 0 Å². The summed E-state index contributed by atoms with van der Waals surface area (Å²) in [6.07, 6.45) is 5.13. The van der Waals surface area contributed by atoms with Gasteiger partial charge in [-0.15, -0.1) is 0 Å². The normalized spacial score (nSPS) is 11.4. The maximum atomic E-state index is 6.02. The summed E-state index contributed by atoms with van der Waals surface area (Å²) in [5.41, 5.74) is 5.80. The Balaban J connectivity index is 1.49. The highest BCUT2D eigenvalue weighted by Crippen LogP contribution is 2.21. The number of aryl methyl sites for hydroxylation is 3. The highest BCUT2D eigenvalue weighted by Gasteiger charge is 2.08. The molecule has 3 heteroatoms. The molecule has 0 unspecified atom stereocenters. The largest absolute Gasteiger partial charge is 0.493 e.